The van der Waals surface area contributed by atoms with Gasteiger partial charge in [0.25, 0.3) is 0 Å². The van der Waals surface area contributed by atoms with E-state index in [0.29, 0.717) is 24.9 Å². The van der Waals surface area contributed by atoms with Gasteiger partial charge in [0.1, 0.15) is 0 Å². The Morgan fingerprint density at radius 3 is 2.74 bits per heavy atom. The van der Waals surface area contributed by atoms with Crippen molar-refractivity contribution in [3.8, 4) is 6.07 Å². The molecule has 1 aliphatic heterocycles. The number of hydrogen-bond donors (Lipinski definition) is 2. The first-order valence-electron chi connectivity index (χ1n) is 9.06. The number of ketones is 1. The molecule has 2 aliphatic rings. The number of rotatable bonds is 4. The molecule has 0 spiro atoms. The van der Waals surface area contributed by atoms with Gasteiger partial charge in [0.05, 0.1) is 24.8 Å². The van der Waals surface area contributed by atoms with Crippen LogP contribution in [0.15, 0.2) is 53.7 Å². The van der Waals surface area contributed by atoms with Gasteiger partial charge in [0.15, 0.2) is 5.78 Å². The Morgan fingerprint density at radius 2 is 2.00 bits per heavy atom. The van der Waals surface area contributed by atoms with E-state index in [0.717, 1.165) is 33.6 Å². The Morgan fingerprint density at radius 1 is 1.15 bits per heavy atom. The largest absolute Gasteiger partial charge is 0.395 e. The summed E-state index contributed by atoms with van der Waals surface area (Å²) in [6, 6.07) is 15.3. The summed E-state index contributed by atoms with van der Waals surface area (Å²) in [5, 5.41) is 28.5. The van der Waals surface area contributed by atoms with E-state index in [9.17, 15) is 20.3 Å². The zero-order chi connectivity index (χ0) is 19.0. The van der Waals surface area contributed by atoms with E-state index in [-0.39, 0.29) is 24.9 Å². The van der Waals surface area contributed by atoms with Gasteiger partial charge in [-0.05, 0) is 41.3 Å². The smallest absolute Gasteiger partial charge is 0.161 e. The Kier molecular flexibility index (Phi) is 4.53. The van der Waals surface area contributed by atoms with Crippen molar-refractivity contribution in [3.05, 3.63) is 76.0 Å². The second-order valence-corrected chi connectivity index (χ2v) is 6.88. The Balaban J connectivity index is 1.98. The van der Waals surface area contributed by atoms with E-state index >= 15 is 0 Å². The second-order valence-electron chi connectivity index (χ2n) is 6.88. The number of allylic oxidation sites excluding steroid dienone is 2. The molecule has 1 aliphatic carbocycles. The van der Waals surface area contributed by atoms with Crippen LogP contribution in [0.5, 0.6) is 0 Å². The minimum Gasteiger partial charge on any atom is -0.395 e. The maximum atomic E-state index is 12.8. The van der Waals surface area contributed by atoms with Crippen LogP contribution in [-0.2, 0) is 11.4 Å². The highest BCUT2D eigenvalue weighted by molar-refractivity contribution is 6.03. The summed E-state index contributed by atoms with van der Waals surface area (Å²) in [7, 11) is 0. The van der Waals surface area contributed by atoms with Crippen LogP contribution in [0.4, 0.5) is 5.69 Å². The number of aliphatic hydroxyl groups is 2. The van der Waals surface area contributed by atoms with Crippen LogP contribution < -0.4 is 4.90 Å². The summed E-state index contributed by atoms with van der Waals surface area (Å²) >= 11 is 0. The lowest BCUT2D eigenvalue weighted by Crippen LogP contribution is -2.32. The van der Waals surface area contributed by atoms with Gasteiger partial charge >= 0.3 is 0 Å². The van der Waals surface area contributed by atoms with Crippen molar-refractivity contribution in [2.75, 3.05) is 18.1 Å². The van der Waals surface area contributed by atoms with E-state index < -0.39 is 0 Å². The number of nitrogens with zero attached hydrogens (tertiary/aromatic N) is 2. The molecule has 4 rings (SSSR count). The number of fused-ring (bicyclic) bond motifs is 1. The average Bonchev–Trinajstić information content (AvgIpc) is 3.09. The van der Waals surface area contributed by atoms with Gasteiger partial charge in [-0.2, -0.15) is 5.26 Å². The number of hydrogen-bond acceptors (Lipinski definition) is 5. The molecule has 0 fully saturated rings. The topological polar surface area (TPSA) is 84.6 Å². The van der Waals surface area contributed by atoms with Gasteiger partial charge in [0, 0.05) is 35.8 Å². The summed E-state index contributed by atoms with van der Waals surface area (Å²) in [5.41, 5.74) is 5.82. The van der Waals surface area contributed by atoms with Crippen LogP contribution in [0.1, 0.15) is 41.0 Å². The van der Waals surface area contributed by atoms with E-state index in [4.69, 9.17) is 0 Å². The molecule has 0 bridgehead atoms. The third kappa shape index (κ3) is 2.84. The first-order chi connectivity index (χ1) is 13.2. The van der Waals surface area contributed by atoms with Gasteiger partial charge in [-0.25, -0.2) is 0 Å². The fourth-order valence-corrected chi connectivity index (χ4v) is 4.24. The van der Waals surface area contributed by atoms with Crippen molar-refractivity contribution in [2.45, 2.75) is 25.4 Å². The van der Waals surface area contributed by atoms with E-state index in [1.807, 2.05) is 41.3 Å². The van der Waals surface area contributed by atoms with Gasteiger partial charge in [-0.15, -0.1) is 0 Å². The molecule has 1 heterocycles. The van der Waals surface area contributed by atoms with E-state index in [1.54, 1.807) is 6.07 Å². The van der Waals surface area contributed by atoms with Crippen LogP contribution >= 0.6 is 0 Å². The van der Waals surface area contributed by atoms with Gasteiger partial charge in [-0.1, -0.05) is 24.3 Å². The second kappa shape index (κ2) is 6.99. The van der Waals surface area contributed by atoms with Crippen LogP contribution in [-0.4, -0.2) is 29.1 Å². The van der Waals surface area contributed by atoms with E-state index in [1.165, 1.54) is 0 Å². The third-order valence-corrected chi connectivity index (χ3v) is 5.36. The number of carbonyl (C=O) groups excluding carboxylic acids is 1. The molecule has 2 aromatic rings. The molecule has 1 unspecified atom stereocenters. The lowest BCUT2D eigenvalue weighted by Gasteiger charge is -2.37. The normalized spacial score (nSPS) is 18.3. The summed E-state index contributed by atoms with van der Waals surface area (Å²) in [6.45, 7) is 0.321. The summed E-state index contributed by atoms with van der Waals surface area (Å²) < 4.78 is 0. The van der Waals surface area contributed by atoms with Crippen molar-refractivity contribution >= 4 is 11.5 Å². The molecule has 0 saturated carbocycles. The fourth-order valence-electron chi connectivity index (χ4n) is 4.24. The van der Waals surface area contributed by atoms with Crippen LogP contribution in [0.25, 0.3) is 0 Å². The molecule has 27 heavy (non-hydrogen) atoms. The SMILES string of the molecule is N#Cc1cccc(C2C3=C(CCC3=O)N(CCO)c3ccc(CO)cc32)c1. The molecule has 136 valence electrons. The number of aliphatic hydroxyl groups excluding tert-OH is 2. The first kappa shape index (κ1) is 17.5. The molecule has 0 aromatic heterocycles. The predicted octanol–water partition coefficient (Wildman–Crippen LogP) is 2.61. The highest BCUT2D eigenvalue weighted by atomic mass is 16.3. The molecule has 2 aromatic carbocycles. The number of anilines is 1. The molecular weight excluding hydrogens is 340 g/mol. The lowest BCUT2D eigenvalue weighted by molar-refractivity contribution is -0.115. The molecular formula is C22H20N2O3. The minimum atomic E-state index is -0.264. The zero-order valence-electron chi connectivity index (χ0n) is 14.9. The molecule has 0 saturated heterocycles. The molecule has 5 heteroatoms. The number of β-amino-alcohol motifs (C(OH)–C–C–N with tert-alkyl or cyclic N) is 1. The maximum Gasteiger partial charge on any atom is 0.161 e. The monoisotopic (exact) mass is 360 g/mol. The predicted molar refractivity (Wildman–Crippen MR) is 101 cm³/mol. The van der Waals surface area contributed by atoms with Crippen molar-refractivity contribution in [1.29, 1.82) is 5.26 Å². The number of Topliss-reactive ketones (excluding diaryl/α,β-unsaturated/α-hetero) is 1. The van der Waals surface area contributed by atoms with Crippen molar-refractivity contribution in [3.63, 3.8) is 0 Å². The minimum absolute atomic E-state index is 0.0131. The molecule has 5 nitrogen and oxygen atoms in total. The third-order valence-electron chi connectivity index (χ3n) is 5.36. The quantitative estimate of drug-likeness (QED) is 0.876. The molecule has 0 radical (unpaired) electrons. The number of nitriles is 1. The standard InChI is InChI=1S/C22H20N2O3/c23-12-14-2-1-3-16(10-14)21-17-11-15(13-26)4-5-18(17)24(8-9-25)19-6-7-20(27)22(19)21/h1-5,10-11,21,25-26H,6-9,13H2. The van der Waals surface area contributed by atoms with Crippen molar-refractivity contribution < 1.29 is 15.0 Å². The summed E-state index contributed by atoms with van der Waals surface area (Å²) in [6.07, 6.45) is 1.12. The lowest BCUT2D eigenvalue weighted by atomic mass is 9.79. The van der Waals surface area contributed by atoms with Crippen molar-refractivity contribution in [2.24, 2.45) is 0 Å². The van der Waals surface area contributed by atoms with Crippen molar-refractivity contribution in [1.82, 2.24) is 0 Å². The molecule has 1 atom stereocenters. The maximum absolute atomic E-state index is 12.8. The summed E-state index contributed by atoms with van der Waals surface area (Å²) in [4.78, 5) is 14.8. The number of benzene rings is 2. The zero-order valence-corrected chi connectivity index (χ0v) is 14.9. The van der Waals surface area contributed by atoms with Gasteiger partial charge in [-0.3, -0.25) is 4.79 Å². The molecule has 0 amide bonds. The van der Waals surface area contributed by atoms with E-state index in [2.05, 4.69) is 6.07 Å². The Bertz CT molecular complexity index is 987. The Hall–Kier alpha value is -2.94. The first-order valence-corrected chi connectivity index (χ1v) is 9.06. The number of carbonyl (C=O) groups is 1. The van der Waals surface area contributed by atoms with Crippen LogP contribution in [0, 0.1) is 11.3 Å². The highest BCUT2D eigenvalue weighted by Crippen LogP contribution is 2.49. The average molecular weight is 360 g/mol. The van der Waals surface area contributed by atoms with Gasteiger partial charge < -0.3 is 15.1 Å². The highest BCUT2D eigenvalue weighted by Gasteiger charge is 2.40. The molecule has 2 N–H and O–H groups in total. The van der Waals surface area contributed by atoms with Crippen LogP contribution in [0.2, 0.25) is 0 Å². The van der Waals surface area contributed by atoms with Crippen LogP contribution in [0.3, 0.4) is 0 Å². The summed E-state index contributed by atoms with van der Waals surface area (Å²) in [5.74, 6) is -0.153. The Labute approximate surface area is 157 Å². The van der Waals surface area contributed by atoms with Gasteiger partial charge in [0.2, 0.25) is 0 Å². The fraction of sp³-hybridized carbons (Fsp3) is 0.273.